The highest BCUT2D eigenvalue weighted by Crippen LogP contribution is 2.38. The zero-order valence-electron chi connectivity index (χ0n) is 7.26. The molecule has 2 rings (SSSR count). The normalized spacial score (nSPS) is 20.1. The van der Waals surface area contributed by atoms with E-state index in [9.17, 15) is 8.78 Å². The van der Waals surface area contributed by atoms with Crippen molar-refractivity contribution in [2.24, 2.45) is 5.73 Å². The Morgan fingerprint density at radius 3 is 2.93 bits per heavy atom. The number of nitrogens with two attached hydrogens (primary N) is 1. The molecule has 0 aromatic heterocycles. The molecule has 1 unspecified atom stereocenters. The Kier molecular flexibility index (Phi) is 2.03. The van der Waals surface area contributed by atoms with E-state index in [1.165, 1.54) is 0 Å². The highest BCUT2D eigenvalue weighted by molar-refractivity contribution is 5.45. The summed E-state index contributed by atoms with van der Waals surface area (Å²) in [6.07, 6.45) is 0.453. The first-order valence-corrected chi connectivity index (χ1v) is 4.20. The molecule has 0 spiro atoms. The lowest BCUT2D eigenvalue weighted by atomic mass is 10.0. The maximum atomic E-state index is 13.3. The number of hydrogen-bond donors (Lipinski definition) is 2. The van der Waals surface area contributed by atoms with E-state index in [-0.39, 0.29) is 11.3 Å². The van der Waals surface area contributed by atoms with Gasteiger partial charge in [0.2, 0.25) is 0 Å². The van der Waals surface area contributed by atoms with Crippen LogP contribution < -0.4 is 10.5 Å². The fraction of sp³-hybridized carbons (Fsp3) is 0.333. The minimum absolute atomic E-state index is 0.0511. The van der Waals surface area contributed by atoms with Gasteiger partial charge in [0.1, 0.15) is 5.75 Å². The minimum atomic E-state index is -1.03. The van der Waals surface area contributed by atoms with Gasteiger partial charge >= 0.3 is 0 Å². The Morgan fingerprint density at radius 2 is 2.21 bits per heavy atom. The van der Waals surface area contributed by atoms with E-state index in [2.05, 4.69) is 0 Å². The second kappa shape index (κ2) is 3.09. The van der Waals surface area contributed by atoms with Crippen molar-refractivity contribution in [3.05, 3.63) is 23.3 Å². The van der Waals surface area contributed by atoms with E-state index in [0.29, 0.717) is 13.0 Å². The first-order chi connectivity index (χ1) is 6.61. The number of halogens is 2. The number of ether oxygens (including phenoxy) is 1. The van der Waals surface area contributed by atoms with Crippen LogP contribution in [0, 0.1) is 11.6 Å². The van der Waals surface area contributed by atoms with E-state index in [0.717, 1.165) is 6.07 Å². The minimum Gasteiger partial charge on any atom is -0.503 e. The smallest absolute Gasteiger partial charge is 0.188 e. The third-order valence-corrected chi connectivity index (χ3v) is 2.25. The summed E-state index contributed by atoms with van der Waals surface area (Å²) in [6, 6.07) is 0.400. The summed E-state index contributed by atoms with van der Waals surface area (Å²) in [6.45, 7) is 0.331. The second-order valence-electron chi connectivity index (χ2n) is 3.18. The summed E-state index contributed by atoms with van der Waals surface area (Å²) in [7, 11) is 0. The molecule has 3 nitrogen and oxygen atoms in total. The Bertz CT molecular complexity index is 382. The molecule has 0 aliphatic carbocycles. The number of phenols is 1. The van der Waals surface area contributed by atoms with E-state index < -0.39 is 23.4 Å². The average Bonchev–Trinajstić information content (AvgIpc) is 2.14. The number of fused-ring (bicyclic) bond motifs is 1. The standard InChI is InChI=1S/C9H9F2NO2/c10-4-3-6-7(8(11)9(4)13)5(12)1-2-14-6/h3,5,13H,1-2,12H2. The van der Waals surface area contributed by atoms with Crippen LogP contribution in [0.2, 0.25) is 0 Å². The largest absolute Gasteiger partial charge is 0.503 e. The van der Waals surface area contributed by atoms with Gasteiger partial charge < -0.3 is 15.6 Å². The number of hydrogen-bond acceptors (Lipinski definition) is 3. The molecule has 0 fully saturated rings. The van der Waals surface area contributed by atoms with Crippen LogP contribution in [0.25, 0.3) is 0 Å². The summed E-state index contributed by atoms with van der Waals surface area (Å²) >= 11 is 0. The maximum absolute atomic E-state index is 13.3. The molecular weight excluding hydrogens is 192 g/mol. The first-order valence-electron chi connectivity index (χ1n) is 4.20. The molecule has 0 saturated carbocycles. The lowest BCUT2D eigenvalue weighted by Gasteiger charge is -2.23. The molecule has 0 saturated heterocycles. The SMILES string of the molecule is NC1CCOc2cc(F)c(O)c(F)c21. The van der Waals surface area contributed by atoms with Crippen molar-refractivity contribution in [2.75, 3.05) is 6.61 Å². The van der Waals surface area contributed by atoms with Gasteiger partial charge in [0.05, 0.1) is 12.2 Å². The van der Waals surface area contributed by atoms with Crippen LogP contribution in [-0.2, 0) is 0 Å². The first kappa shape index (κ1) is 9.21. The van der Waals surface area contributed by atoms with Gasteiger partial charge in [-0.25, -0.2) is 8.78 Å². The molecule has 1 aliphatic rings. The molecule has 14 heavy (non-hydrogen) atoms. The van der Waals surface area contributed by atoms with E-state index in [4.69, 9.17) is 15.6 Å². The maximum Gasteiger partial charge on any atom is 0.188 e. The predicted molar refractivity (Wildman–Crippen MR) is 45.1 cm³/mol. The average molecular weight is 201 g/mol. The molecular formula is C9H9F2NO2. The molecule has 0 bridgehead atoms. The second-order valence-corrected chi connectivity index (χ2v) is 3.18. The zero-order chi connectivity index (χ0) is 10.3. The molecule has 1 heterocycles. The summed E-state index contributed by atoms with van der Waals surface area (Å²) < 4.78 is 31.3. The molecule has 1 atom stereocenters. The molecule has 76 valence electrons. The van der Waals surface area contributed by atoms with Gasteiger partial charge in [-0.1, -0.05) is 0 Å². The third-order valence-electron chi connectivity index (χ3n) is 2.25. The molecule has 1 aliphatic heterocycles. The van der Waals surface area contributed by atoms with Crippen molar-refractivity contribution in [2.45, 2.75) is 12.5 Å². The highest BCUT2D eigenvalue weighted by atomic mass is 19.1. The van der Waals surface area contributed by atoms with Crippen LogP contribution in [0.3, 0.4) is 0 Å². The molecule has 1 aromatic carbocycles. The lowest BCUT2D eigenvalue weighted by Crippen LogP contribution is -2.22. The number of phenolic OH excluding ortho intramolecular Hbond substituents is 1. The van der Waals surface area contributed by atoms with Crippen molar-refractivity contribution in [3.8, 4) is 11.5 Å². The van der Waals surface area contributed by atoms with Gasteiger partial charge in [0, 0.05) is 18.5 Å². The van der Waals surface area contributed by atoms with Crippen LogP contribution in [0.1, 0.15) is 18.0 Å². The topological polar surface area (TPSA) is 55.5 Å². The van der Waals surface area contributed by atoms with Crippen molar-refractivity contribution < 1.29 is 18.6 Å². The lowest BCUT2D eigenvalue weighted by molar-refractivity contribution is 0.257. The quantitative estimate of drug-likeness (QED) is 0.668. The number of benzene rings is 1. The van der Waals surface area contributed by atoms with Crippen molar-refractivity contribution in [1.29, 1.82) is 0 Å². The Morgan fingerprint density at radius 1 is 1.50 bits per heavy atom. The van der Waals surface area contributed by atoms with Gasteiger partial charge in [-0.15, -0.1) is 0 Å². The van der Waals surface area contributed by atoms with Gasteiger partial charge in [-0.2, -0.15) is 0 Å². The molecule has 3 N–H and O–H groups in total. The van der Waals surface area contributed by atoms with Crippen LogP contribution in [0.15, 0.2) is 6.07 Å². The summed E-state index contributed by atoms with van der Waals surface area (Å²) in [5.41, 5.74) is 5.66. The third kappa shape index (κ3) is 1.21. The Balaban J connectivity index is 2.64. The summed E-state index contributed by atoms with van der Waals surface area (Å²) in [4.78, 5) is 0. The van der Waals surface area contributed by atoms with Crippen LogP contribution in [0.4, 0.5) is 8.78 Å². The van der Waals surface area contributed by atoms with Crippen LogP contribution in [-0.4, -0.2) is 11.7 Å². The predicted octanol–water partition coefficient (Wildman–Crippen LogP) is 1.45. The Hall–Kier alpha value is -1.36. The van der Waals surface area contributed by atoms with Crippen LogP contribution >= 0.6 is 0 Å². The van der Waals surface area contributed by atoms with Crippen molar-refractivity contribution in [3.63, 3.8) is 0 Å². The summed E-state index contributed by atoms with van der Waals surface area (Å²) in [5, 5.41) is 9.02. The van der Waals surface area contributed by atoms with Gasteiger partial charge in [-0.05, 0) is 0 Å². The van der Waals surface area contributed by atoms with E-state index >= 15 is 0 Å². The van der Waals surface area contributed by atoms with E-state index in [1.807, 2.05) is 0 Å². The van der Waals surface area contributed by atoms with Crippen LogP contribution in [0.5, 0.6) is 11.5 Å². The molecule has 5 heteroatoms. The fourth-order valence-corrected chi connectivity index (χ4v) is 1.51. The highest BCUT2D eigenvalue weighted by Gasteiger charge is 2.26. The Labute approximate surface area is 79.1 Å². The number of rotatable bonds is 0. The fourth-order valence-electron chi connectivity index (χ4n) is 1.51. The monoisotopic (exact) mass is 201 g/mol. The molecule has 0 amide bonds. The number of aromatic hydroxyl groups is 1. The van der Waals surface area contributed by atoms with Gasteiger partial charge in [0.15, 0.2) is 17.4 Å². The van der Waals surface area contributed by atoms with Gasteiger partial charge in [0.25, 0.3) is 0 Å². The van der Waals surface area contributed by atoms with E-state index in [1.54, 1.807) is 0 Å². The molecule has 1 aromatic rings. The zero-order valence-corrected chi connectivity index (χ0v) is 7.26. The van der Waals surface area contributed by atoms with Crippen molar-refractivity contribution in [1.82, 2.24) is 0 Å². The van der Waals surface area contributed by atoms with Crippen molar-refractivity contribution >= 4 is 0 Å². The molecule has 0 radical (unpaired) electrons. The summed E-state index contributed by atoms with van der Waals surface area (Å²) in [5.74, 6) is -2.97. The van der Waals surface area contributed by atoms with Gasteiger partial charge in [-0.3, -0.25) is 0 Å².